The summed E-state index contributed by atoms with van der Waals surface area (Å²) < 4.78 is 10.4. The molecule has 1 saturated heterocycles. The number of thioether (sulfide) groups is 1. The van der Waals surface area contributed by atoms with Gasteiger partial charge in [0.2, 0.25) is 5.91 Å². The maximum Gasteiger partial charge on any atom is 0.260 e. The minimum atomic E-state index is -0.634. The van der Waals surface area contributed by atoms with Crippen molar-refractivity contribution in [2.75, 3.05) is 14.2 Å². The predicted octanol–water partition coefficient (Wildman–Crippen LogP) is 4.02. The Morgan fingerprint density at radius 1 is 1.20 bits per heavy atom. The molecule has 0 saturated carbocycles. The van der Waals surface area contributed by atoms with E-state index in [1.54, 1.807) is 28.8 Å². The SMILES string of the molecule is COc1ccc2c(c1OC)C(=O)N1[C@H]2SC(C)(C)[C@H]1C(=O)NCc1ccccc1Cl. The molecular weight excluding hydrogens is 424 g/mol. The Hall–Kier alpha value is -2.38. The van der Waals surface area contributed by atoms with Crippen molar-refractivity contribution in [3.63, 3.8) is 0 Å². The molecule has 6 nitrogen and oxygen atoms in total. The zero-order chi connectivity index (χ0) is 21.6. The quantitative estimate of drug-likeness (QED) is 0.751. The maximum absolute atomic E-state index is 13.4. The van der Waals surface area contributed by atoms with Crippen LogP contribution in [-0.2, 0) is 11.3 Å². The lowest BCUT2D eigenvalue weighted by molar-refractivity contribution is -0.126. The van der Waals surface area contributed by atoms with Crippen molar-refractivity contribution in [1.29, 1.82) is 0 Å². The molecule has 2 aromatic carbocycles. The Labute approximate surface area is 184 Å². The van der Waals surface area contributed by atoms with Crippen LogP contribution in [0.4, 0.5) is 0 Å². The second kappa shape index (κ2) is 7.71. The van der Waals surface area contributed by atoms with Gasteiger partial charge in [0.25, 0.3) is 5.91 Å². The van der Waals surface area contributed by atoms with Gasteiger partial charge in [-0.15, -0.1) is 11.8 Å². The molecule has 158 valence electrons. The van der Waals surface area contributed by atoms with Crippen molar-refractivity contribution >= 4 is 35.2 Å². The van der Waals surface area contributed by atoms with Gasteiger partial charge < -0.3 is 19.7 Å². The lowest BCUT2D eigenvalue weighted by Crippen LogP contribution is -2.52. The number of hydrogen-bond acceptors (Lipinski definition) is 5. The Bertz CT molecular complexity index is 1030. The minimum absolute atomic E-state index is 0.206. The highest BCUT2D eigenvalue weighted by molar-refractivity contribution is 8.01. The average Bonchev–Trinajstić information content (AvgIpc) is 3.15. The van der Waals surface area contributed by atoms with E-state index >= 15 is 0 Å². The number of hydrogen-bond donors (Lipinski definition) is 1. The Morgan fingerprint density at radius 2 is 1.93 bits per heavy atom. The van der Waals surface area contributed by atoms with Gasteiger partial charge in [0.1, 0.15) is 11.4 Å². The van der Waals surface area contributed by atoms with Crippen molar-refractivity contribution < 1.29 is 19.1 Å². The van der Waals surface area contributed by atoms with Crippen molar-refractivity contribution in [3.05, 3.63) is 58.1 Å². The van der Waals surface area contributed by atoms with Gasteiger partial charge in [-0.25, -0.2) is 0 Å². The molecule has 0 aromatic heterocycles. The molecular formula is C22H23ClN2O4S. The smallest absolute Gasteiger partial charge is 0.260 e. The van der Waals surface area contributed by atoms with E-state index in [2.05, 4.69) is 5.32 Å². The average molecular weight is 447 g/mol. The topological polar surface area (TPSA) is 67.9 Å². The molecule has 4 rings (SSSR count). The fourth-order valence-corrected chi connectivity index (χ4v) is 5.96. The number of carbonyl (C=O) groups excluding carboxylic acids is 2. The summed E-state index contributed by atoms with van der Waals surface area (Å²) in [5, 5.41) is 3.31. The summed E-state index contributed by atoms with van der Waals surface area (Å²) in [5.74, 6) is 0.474. The third-order valence-corrected chi connectivity index (χ3v) is 7.46. The van der Waals surface area contributed by atoms with Gasteiger partial charge >= 0.3 is 0 Å². The maximum atomic E-state index is 13.4. The number of methoxy groups -OCH3 is 2. The van der Waals surface area contributed by atoms with Crippen molar-refractivity contribution in [2.24, 2.45) is 0 Å². The zero-order valence-electron chi connectivity index (χ0n) is 17.2. The van der Waals surface area contributed by atoms with Crippen molar-refractivity contribution in [2.45, 2.75) is 36.6 Å². The van der Waals surface area contributed by atoms with E-state index < -0.39 is 10.8 Å². The number of nitrogens with one attached hydrogen (secondary N) is 1. The van der Waals surface area contributed by atoms with Gasteiger partial charge in [-0.3, -0.25) is 9.59 Å². The molecule has 2 heterocycles. The molecule has 1 N–H and O–H groups in total. The molecule has 0 radical (unpaired) electrons. The van der Waals surface area contributed by atoms with Crippen LogP contribution in [-0.4, -0.2) is 41.7 Å². The second-order valence-electron chi connectivity index (χ2n) is 7.76. The van der Waals surface area contributed by atoms with Gasteiger partial charge in [-0.1, -0.05) is 35.9 Å². The van der Waals surface area contributed by atoms with E-state index in [1.807, 2.05) is 38.1 Å². The molecule has 2 aliphatic rings. The van der Waals surface area contributed by atoms with Crippen LogP contribution in [0.1, 0.15) is 40.7 Å². The lowest BCUT2D eigenvalue weighted by atomic mass is 10.0. The fourth-order valence-electron chi connectivity index (χ4n) is 4.18. The number of halogens is 1. The number of rotatable bonds is 5. The van der Waals surface area contributed by atoms with Crippen LogP contribution in [0.15, 0.2) is 36.4 Å². The summed E-state index contributed by atoms with van der Waals surface area (Å²) in [6.07, 6.45) is 0. The van der Waals surface area contributed by atoms with Crippen LogP contribution in [0.2, 0.25) is 5.02 Å². The molecule has 2 aromatic rings. The third-order valence-electron chi connectivity index (χ3n) is 5.56. The first-order chi connectivity index (χ1) is 14.3. The van der Waals surface area contributed by atoms with Crippen molar-refractivity contribution in [1.82, 2.24) is 10.2 Å². The standard InChI is InChI=1S/C22H23ClN2O4S/c1-22(2)18(19(26)24-11-12-7-5-6-8-14(12)23)25-20(27)16-13(21(25)30-22)9-10-15(28-3)17(16)29-4/h5-10,18,21H,11H2,1-4H3,(H,24,26)/t18-,21+/m1/s1. The molecule has 0 aliphatic carbocycles. The van der Waals surface area contributed by atoms with Gasteiger partial charge in [-0.2, -0.15) is 0 Å². The summed E-state index contributed by atoms with van der Waals surface area (Å²) >= 11 is 7.81. The lowest BCUT2D eigenvalue weighted by Gasteiger charge is -2.29. The highest BCUT2D eigenvalue weighted by Crippen LogP contribution is 2.58. The van der Waals surface area contributed by atoms with Crippen LogP contribution in [0, 0.1) is 0 Å². The van der Waals surface area contributed by atoms with Gasteiger partial charge in [-0.05, 0) is 31.5 Å². The minimum Gasteiger partial charge on any atom is -0.493 e. The van der Waals surface area contributed by atoms with E-state index in [4.69, 9.17) is 21.1 Å². The summed E-state index contributed by atoms with van der Waals surface area (Å²) in [6, 6.07) is 10.4. The van der Waals surface area contributed by atoms with Crippen LogP contribution in [0.5, 0.6) is 11.5 Å². The van der Waals surface area contributed by atoms with Crippen LogP contribution in [0.3, 0.4) is 0 Å². The van der Waals surface area contributed by atoms with Crippen molar-refractivity contribution in [3.8, 4) is 11.5 Å². The molecule has 1 fully saturated rings. The van der Waals surface area contributed by atoms with Crippen LogP contribution < -0.4 is 14.8 Å². The number of carbonyl (C=O) groups is 2. The number of benzene rings is 2. The van der Waals surface area contributed by atoms with E-state index in [0.717, 1.165) is 11.1 Å². The molecule has 2 amide bonds. The first-order valence-electron chi connectivity index (χ1n) is 9.56. The Morgan fingerprint density at radius 3 is 2.60 bits per heavy atom. The normalized spacial score (nSPS) is 21.2. The number of amides is 2. The molecule has 0 bridgehead atoms. The summed E-state index contributed by atoms with van der Waals surface area (Å²) in [4.78, 5) is 28.3. The van der Waals surface area contributed by atoms with E-state index in [9.17, 15) is 9.59 Å². The monoisotopic (exact) mass is 446 g/mol. The highest BCUT2D eigenvalue weighted by atomic mass is 35.5. The van der Waals surface area contributed by atoms with Gasteiger partial charge in [0.15, 0.2) is 11.5 Å². The molecule has 2 atom stereocenters. The number of ether oxygens (including phenoxy) is 2. The Kier molecular flexibility index (Phi) is 5.36. The van der Waals surface area contributed by atoms with E-state index in [-0.39, 0.29) is 17.2 Å². The largest absolute Gasteiger partial charge is 0.493 e. The first kappa shape index (κ1) is 20.9. The number of fused-ring (bicyclic) bond motifs is 3. The Balaban J connectivity index is 1.65. The summed E-state index contributed by atoms with van der Waals surface area (Å²) in [5.41, 5.74) is 2.14. The third kappa shape index (κ3) is 3.20. The first-order valence-corrected chi connectivity index (χ1v) is 10.8. The molecule has 30 heavy (non-hydrogen) atoms. The van der Waals surface area contributed by atoms with E-state index in [0.29, 0.717) is 28.6 Å². The summed E-state index contributed by atoms with van der Waals surface area (Å²) in [7, 11) is 3.05. The fraction of sp³-hybridized carbons (Fsp3) is 0.364. The number of nitrogens with zero attached hydrogens (tertiary/aromatic N) is 1. The van der Waals surface area contributed by atoms with Crippen LogP contribution in [0.25, 0.3) is 0 Å². The molecule has 0 unspecified atom stereocenters. The van der Waals surface area contributed by atoms with E-state index in [1.165, 1.54) is 14.2 Å². The van der Waals surface area contributed by atoms with Crippen LogP contribution >= 0.6 is 23.4 Å². The van der Waals surface area contributed by atoms with Gasteiger partial charge in [0, 0.05) is 21.9 Å². The highest BCUT2D eigenvalue weighted by Gasteiger charge is 2.58. The molecule has 2 aliphatic heterocycles. The molecule has 0 spiro atoms. The van der Waals surface area contributed by atoms with Gasteiger partial charge in [0.05, 0.1) is 19.8 Å². The zero-order valence-corrected chi connectivity index (χ0v) is 18.8. The second-order valence-corrected chi connectivity index (χ2v) is 9.90. The molecule has 8 heteroatoms. The predicted molar refractivity (Wildman–Crippen MR) is 117 cm³/mol. The summed E-state index contributed by atoms with van der Waals surface area (Å²) in [6.45, 7) is 4.28.